The monoisotopic (exact) mass is 222 g/mol. The number of hydrogen-bond donors (Lipinski definition) is 0. The first-order valence-electron chi connectivity index (χ1n) is 6.03. The fraction of sp³-hybridized carbons (Fsp3) is 0.176. The van der Waals surface area contributed by atoms with Gasteiger partial charge in [-0.25, -0.2) is 0 Å². The van der Waals surface area contributed by atoms with Crippen LogP contribution in [0.2, 0.25) is 0 Å². The maximum absolute atomic E-state index is 3.96. The van der Waals surface area contributed by atoms with E-state index in [2.05, 4.69) is 68.1 Å². The van der Waals surface area contributed by atoms with Crippen LogP contribution in [0.5, 0.6) is 0 Å². The Bertz CT molecular complexity index is 482. The lowest BCUT2D eigenvalue weighted by Gasteiger charge is -2.14. The van der Waals surface area contributed by atoms with Gasteiger partial charge < -0.3 is 0 Å². The van der Waals surface area contributed by atoms with E-state index in [0.717, 1.165) is 6.42 Å². The van der Waals surface area contributed by atoms with Crippen molar-refractivity contribution in [3.8, 4) is 0 Å². The van der Waals surface area contributed by atoms with Gasteiger partial charge in [-0.3, -0.25) is 0 Å². The lowest BCUT2D eigenvalue weighted by Crippen LogP contribution is -2.01. The van der Waals surface area contributed by atoms with Gasteiger partial charge in [0.1, 0.15) is 0 Å². The van der Waals surface area contributed by atoms with Gasteiger partial charge >= 0.3 is 0 Å². The summed E-state index contributed by atoms with van der Waals surface area (Å²) in [6, 6.07) is 19.1. The number of hydrogen-bond acceptors (Lipinski definition) is 0. The Morgan fingerprint density at radius 3 is 2.29 bits per heavy atom. The molecule has 0 aliphatic rings. The van der Waals surface area contributed by atoms with Crippen LogP contribution in [0.3, 0.4) is 0 Å². The molecule has 0 fully saturated rings. The van der Waals surface area contributed by atoms with Crippen LogP contribution in [-0.2, 0) is 6.42 Å². The van der Waals surface area contributed by atoms with Gasteiger partial charge in [0.25, 0.3) is 0 Å². The summed E-state index contributed by atoms with van der Waals surface area (Å²) in [7, 11) is 0. The summed E-state index contributed by atoms with van der Waals surface area (Å²) in [4.78, 5) is 0. The molecule has 0 heterocycles. The molecule has 0 radical (unpaired) electrons. The molecule has 86 valence electrons. The molecule has 17 heavy (non-hydrogen) atoms. The van der Waals surface area contributed by atoms with Gasteiger partial charge in [0, 0.05) is 5.92 Å². The summed E-state index contributed by atoms with van der Waals surface area (Å²) in [5, 5.41) is 0. The third-order valence-electron chi connectivity index (χ3n) is 3.21. The van der Waals surface area contributed by atoms with Gasteiger partial charge in [-0.05, 0) is 30.0 Å². The van der Waals surface area contributed by atoms with E-state index in [9.17, 15) is 0 Å². The fourth-order valence-corrected chi connectivity index (χ4v) is 2.11. The Hall–Kier alpha value is -1.82. The molecule has 1 unspecified atom stereocenters. The van der Waals surface area contributed by atoms with Gasteiger partial charge in [0.15, 0.2) is 0 Å². The lowest BCUT2D eigenvalue weighted by molar-refractivity contribution is 0.832. The summed E-state index contributed by atoms with van der Waals surface area (Å²) in [6.45, 7) is 6.13. The SMILES string of the molecule is C=CC(Cc1ccccc1C)c1ccccc1. The molecule has 0 spiro atoms. The predicted octanol–water partition coefficient (Wildman–Crippen LogP) is 4.51. The Labute approximate surface area is 104 Å². The molecule has 1 atom stereocenters. The first kappa shape index (κ1) is 11.7. The molecule has 0 N–H and O–H groups in total. The highest BCUT2D eigenvalue weighted by Crippen LogP contribution is 2.23. The minimum absolute atomic E-state index is 0.400. The van der Waals surface area contributed by atoms with Crippen LogP contribution in [0.15, 0.2) is 67.3 Å². The standard InChI is InChI=1S/C17H18/c1-3-15(16-10-5-4-6-11-16)13-17-12-8-7-9-14(17)2/h3-12,15H,1,13H2,2H3. The largest absolute Gasteiger partial charge is 0.102 e. The van der Waals surface area contributed by atoms with Crippen LogP contribution >= 0.6 is 0 Å². The molecule has 0 aliphatic heterocycles. The van der Waals surface area contributed by atoms with E-state index in [1.165, 1.54) is 16.7 Å². The van der Waals surface area contributed by atoms with Gasteiger partial charge in [-0.15, -0.1) is 6.58 Å². The minimum Gasteiger partial charge on any atom is -0.102 e. The van der Waals surface area contributed by atoms with Crippen molar-refractivity contribution in [1.29, 1.82) is 0 Å². The topological polar surface area (TPSA) is 0 Å². The number of benzene rings is 2. The summed E-state index contributed by atoms with van der Waals surface area (Å²) in [6.07, 6.45) is 3.07. The van der Waals surface area contributed by atoms with Gasteiger partial charge in [0.2, 0.25) is 0 Å². The van der Waals surface area contributed by atoms with Crippen molar-refractivity contribution in [2.24, 2.45) is 0 Å². The van der Waals surface area contributed by atoms with Gasteiger partial charge in [-0.2, -0.15) is 0 Å². The van der Waals surface area contributed by atoms with Crippen LogP contribution in [0, 0.1) is 6.92 Å². The van der Waals surface area contributed by atoms with E-state index in [1.54, 1.807) is 0 Å². The Kier molecular flexibility index (Phi) is 3.77. The van der Waals surface area contributed by atoms with Crippen LogP contribution in [0.25, 0.3) is 0 Å². The van der Waals surface area contributed by atoms with Crippen LogP contribution in [0.1, 0.15) is 22.6 Å². The van der Waals surface area contributed by atoms with E-state index in [-0.39, 0.29) is 0 Å². The third kappa shape index (κ3) is 2.85. The Balaban J connectivity index is 2.22. The van der Waals surface area contributed by atoms with Crippen molar-refractivity contribution >= 4 is 0 Å². The molecule has 0 aromatic heterocycles. The highest BCUT2D eigenvalue weighted by Gasteiger charge is 2.09. The van der Waals surface area contributed by atoms with Crippen molar-refractivity contribution in [1.82, 2.24) is 0 Å². The summed E-state index contributed by atoms with van der Waals surface area (Å²) < 4.78 is 0. The average Bonchev–Trinajstić information content (AvgIpc) is 2.39. The van der Waals surface area contributed by atoms with Crippen molar-refractivity contribution in [2.45, 2.75) is 19.3 Å². The number of aryl methyl sites for hydroxylation is 1. The van der Waals surface area contributed by atoms with Crippen LogP contribution < -0.4 is 0 Å². The van der Waals surface area contributed by atoms with Crippen molar-refractivity contribution in [3.05, 3.63) is 83.9 Å². The molecule has 0 amide bonds. The fourth-order valence-electron chi connectivity index (χ4n) is 2.11. The van der Waals surface area contributed by atoms with Crippen molar-refractivity contribution in [3.63, 3.8) is 0 Å². The Morgan fingerprint density at radius 1 is 1.00 bits per heavy atom. The van der Waals surface area contributed by atoms with E-state index in [0.29, 0.717) is 5.92 Å². The zero-order valence-electron chi connectivity index (χ0n) is 10.3. The van der Waals surface area contributed by atoms with E-state index >= 15 is 0 Å². The van der Waals surface area contributed by atoms with Crippen LogP contribution in [-0.4, -0.2) is 0 Å². The number of rotatable bonds is 4. The summed E-state index contributed by atoms with van der Waals surface area (Å²) in [5.74, 6) is 0.400. The second-order valence-electron chi connectivity index (χ2n) is 4.38. The van der Waals surface area contributed by atoms with Crippen molar-refractivity contribution in [2.75, 3.05) is 0 Å². The molecule has 2 aromatic rings. The second kappa shape index (κ2) is 5.49. The van der Waals surface area contributed by atoms with E-state index in [4.69, 9.17) is 0 Å². The first-order chi connectivity index (χ1) is 8.31. The first-order valence-corrected chi connectivity index (χ1v) is 6.03. The molecule has 2 rings (SSSR count). The molecule has 0 heteroatoms. The highest BCUT2D eigenvalue weighted by atomic mass is 14.1. The molecule has 2 aromatic carbocycles. The van der Waals surface area contributed by atoms with E-state index < -0.39 is 0 Å². The predicted molar refractivity (Wildman–Crippen MR) is 74.3 cm³/mol. The Morgan fingerprint density at radius 2 is 1.65 bits per heavy atom. The minimum atomic E-state index is 0.400. The third-order valence-corrected chi connectivity index (χ3v) is 3.21. The molecule has 0 aliphatic carbocycles. The second-order valence-corrected chi connectivity index (χ2v) is 4.38. The average molecular weight is 222 g/mol. The zero-order chi connectivity index (χ0) is 12.1. The lowest BCUT2D eigenvalue weighted by atomic mass is 9.90. The quantitative estimate of drug-likeness (QED) is 0.668. The zero-order valence-corrected chi connectivity index (χ0v) is 10.3. The highest BCUT2D eigenvalue weighted by molar-refractivity contribution is 5.31. The normalized spacial score (nSPS) is 12.1. The van der Waals surface area contributed by atoms with Crippen molar-refractivity contribution < 1.29 is 0 Å². The maximum Gasteiger partial charge on any atom is 0.00558 e. The maximum atomic E-state index is 3.96. The molecular formula is C17H18. The van der Waals surface area contributed by atoms with Gasteiger partial charge in [-0.1, -0.05) is 60.7 Å². The molecule has 0 bridgehead atoms. The molecular weight excluding hydrogens is 204 g/mol. The summed E-state index contributed by atoms with van der Waals surface area (Å²) >= 11 is 0. The van der Waals surface area contributed by atoms with Gasteiger partial charge in [0.05, 0.1) is 0 Å². The molecule has 0 nitrogen and oxygen atoms in total. The smallest absolute Gasteiger partial charge is 0.00558 e. The summed E-state index contributed by atoms with van der Waals surface area (Å²) in [5.41, 5.74) is 4.10. The molecule has 0 saturated heterocycles. The van der Waals surface area contributed by atoms with Crippen LogP contribution in [0.4, 0.5) is 0 Å². The van der Waals surface area contributed by atoms with E-state index in [1.807, 2.05) is 6.08 Å². The molecule has 0 saturated carbocycles. The number of allylic oxidation sites excluding steroid dienone is 1.